The van der Waals surface area contributed by atoms with Gasteiger partial charge in [0.25, 0.3) is 5.91 Å². The number of carbonyl (C=O) groups is 1. The van der Waals surface area contributed by atoms with Crippen LogP contribution in [0.2, 0.25) is 0 Å². The van der Waals surface area contributed by atoms with Gasteiger partial charge in [-0.15, -0.1) is 11.3 Å². The number of aromatic nitrogens is 1. The van der Waals surface area contributed by atoms with Crippen molar-refractivity contribution in [2.75, 3.05) is 18.4 Å². The second-order valence-corrected chi connectivity index (χ2v) is 7.24. The fourth-order valence-corrected chi connectivity index (χ4v) is 4.01. The summed E-state index contributed by atoms with van der Waals surface area (Å²) in [6.45, 7) is 1.02. The highest BCUT2D eigenvalue weighted by atomic mass is 32.1. The Kier molecular flexibility index (Phi) is 5.18. The molecule has 0 saturated heterocycles. The highest BCUT2D eigenvalue weighted by Crippen LogP contribution is 2.36. The van der Waals surface area contributed by atoms with Gasteiger partial charge in [0.05, 0.1) is 16.8 Å². The largest absolute Gasteiger partial charge is 0.352 e. The van der Waals surface area contributed by atoms with E-state index >= 15 is 0 Å². The fraction of sp³-hybridized carbons (Fsp3) is 0.143. The second-order valence-electron chi connectivity index (χ2n) is 6.33. The van der Waals surface area contributed by atoms with E-state index in [0.717, 1.165) is 15.5 Å². The summed E-state index contributed by atoms with van der Waals surface area (Å²) in [7, 11) is 0. The summed E-state index contributed by atoms with van der Waals surface area (Å²) >= 11 is 1.57. The van der Waals surface area contributed by atoms with Crippen LogP contribution < -0.4 is 16.4 Å². The molecule has 28 heavy (non-hydrogen) atoms. The number of hydrogen-bond acceptors (Lipinski definition) is 5. The lowest BCUT2D eigenvalue weighted by atomic mass is 10.1. The van der Waals surface area contributed by atoms with Gasteiger partial charge in [-0.2, -0.15) is 0 Å². The lowest BCUT2D eigenvalue weighted by Gasteiger charge is -2.12. The monoisotopic (exact) mass is 394 g/mol. The van der Waals surface area contributed by atoms with Crippen LogP contribution in [0.4, 0.5) is 15.9 Å². The first-order valence-corrected chi connectivity index (χ1v) is 9.86. The number of pyridine rings is 1. The van der Waals surface area contributed by atoms with Gasteiger partial charge in [-0.05, 0) is 42.6 Å². The van der Waals surface area contributed by atoms with Crippen LogP contribution in [0.3, 0.4) is 0 Å². The second kappa shape index (κ2) is 7.92. The molecule has 0 radical (unpaired) electrons. The van der Waals surface area contributed by atoms with Crippen molar-refractivity contribution in [1.82, 2.24) is 10.3 Å². The molecule has 2 aromatic heterocycles. The molecule has 0 fully saturated rings. The molecule has 0 saturated carbocycles. The van der Waals surface area contributed by atoms with Crippen molar-refractivity contribution in [1.29, 1.82) is 0 Å². The molecule has 142 valence electrons. The van der Waals surface area contributed by atoms with Crippen LogP contribution >= 0.6 is 11.3 Å². The zero-order chi connectivity index (χ0) is 19.5. The van der Waals surface area contributed by atoms with E-state index in [1.807, 2.05) is 23.6 Å². The highest BCUT2D eigenvalue weighted by molar-refractivity contribution is 7.18. The average molecular weight is 394 g/mol. The van der Waals surface area contributed by atoms with Crippen LogP contribution in [0.1, 0.15) is 16.8 Å². The third kappa shape index (κ3) is 3.42. The summed E-state index contributed by atoms with van der Waals surface area (Å²) < 4.78 is 15.1. The lowest BCUT2D eigenvalue weighted by molar-refractivity contribution is 0.0955. The van der Waals surface area contributed by atoms with E-state index in [1.165, 1.54) is 6.07 Å². The van der Waals surface area contributed by atoms with Gasteiger partial charge in [0.2, 0.25) is 0 Å². The Morgan fingerprint density at radius 3 is 2.79 bits per heavy atom. The Balaban J connectivity index is 1.83. The van der Waals surface area contributed by atoms with Crippen molar-refractivity contribution in [2.45, 2.75) is 6.42 Å². The third-order valence-corrected chi connectivity index (χ3v) is 5.41. The minimum absolute atomic E-state index is 0.195. The quantitative estimate of drug-likeness (QED) is 0.423. The number of fused-ring (bicyclic) bond motifs is 3. The molecule has 2 aromatic carbocycles. The summed E-state index contributed by atoms with van der Waals surface area (Å²) in [5, 5.41) is 9.71. The number of hydrogen-bond donors (Lipinski definition) is 3. The Hall–Kier alpha value is -3.03. The molecular weight excluding hydrogens is 375 g/mol. The van der Waals surface area contributed by atoms with Crippen LogP contribution in [0, 0.1) is 5.82 Å². The molecule has 0 bridgehead atoms. The number of amides is 1. The average Bonchev–Trinajstić information content (AvgIpc) is 3.20. The van der Waals surface area contributed by atoms with Crippen LogP contribution in [-0.2, 0) is 0 Å². The number of benzene rings is 2. The summed E-state index contributed by atoms with van der Waals surface area (Å²) in [5.74, 6) is -0.0315. The van der Waals surface area contributed by atoms with Gasteiger partial charge >= 0.3 is 0 Å². The molecular formula is C21H19FN4OS. The molecule has 4 rings (SSSR count). The smallest absolute Gasteiger partial charge is 0.253 e. The number of anilines is 2. The van der Waals surface area contributed by atoms with Crippen LogP contribution in [-0.4, -0.2) is 24.0 Å². The fourth-order valence-electron chi connectivity index (χ4n) is 3.09. The predicted octanol–water partition coefficient (Wildman–Crippen LogP) is 4.41. The van der Waals surface area contributed by atoms with E-state index in [9.17, 15) is 9.18 Å². The molecule has 0 aliphatic rings. The maximum absolute atomic E-state index is 14.1. The number of nitrogens with zero attached hydrogens (tertiary/aromatic N) is 1. The van der Waals surface area contributed by atoms with Crippen molar-refractivity contribution < 1.29 is 9.18 Å². The maximum Gasteiger partial charge on any atom is 0.253 e. The SMILES string of the molecule is NCCCNC(=O)c1cccc2c1nc(Nc1ccccc1F)c1ccsc12. The van der Waals surface area contributed by atoms with Crippen LogP contribution in [0.5, 0.6) is 0 Å². The number of rotatable bonds is 6. The Labute approximate surface area is 165 Å². The van der Waals surface area contributed by atoms with Crippen molar-refractivity contribution in [3.05, 3.63) is 65.3 Å². The highest BCUT2D eigenvalue weighted by Gasteiger charge is 2.16. The molecule has 0 aliphatic heterocycles. The van der Waals surface area contributed by atoms with E-state index in [0.29, 0.717) is 42.1 Å². The van der Waals surface area contributed by atoms with Gasteiger partial charge in [0.15, 0.2) is 0 Å². The minimum atomic E-state index is -0.361. The van der Waals surface area contributed by atoms with Crippen molar-refractivity contribution in [3.8, 4) is 0 Å². The molecule has 0 spiro atoms. The predicted molar refractivity (Wildman–Crippen MR) is 113 cm³/mol. The van der Waals surface area contributed by atoms with E-state index in [1.54, 1.807) is 35.6 Å². The summed E-state index contributed by atoms with van der Waals surface area (Å²) in [6, 6.07) is 13.9. The zero-order valence-electron chi connectivity index (χ0n) is 15.0. The van der Waals surface area contributed by atoms with Gasteiger partial charge in [-0.25, -0.2) is 9.37 Å². The Morgan fingerprint density at radius 1 is 1.11 bits per heavy atom. The number of nitrogens with one attached hydrogen (secondary N) is 2. The Bertz CT molecular complexity index is 1160. The number of halogens is 1. The zero-order valence-corrected chi connectivity index (χ0v) is 15.9. The number of para-hydroxylation sites is 2. The molecule has 1 amide bonds. The summed E-state index contributed by atoms with van der Waals surface area (Å²) in [6.07, 6.45) is 0.708. The number of carbonyl (C=O) groups excluding carboxylic acids is 1. The first kappa shape index (κ1) is 18.3. The summed E-state index contributed by atoms with van der Waals surface area (Å²) in [4.78, 5) is 17.4. The Morgan fingerprint density at radius 2 is 1.96 bits per heavy atom. The first-order valence-electron chi connectivity index (χ1n) is 8.99. The number of nitrogens with two attached hydrogens (primary N) is 1. The van der Waals surface area contributed by atoms with E-state index in [-0.39, 0.29) is 11.7 Å². The van der Waals surface area contributed by atoms with E-state index in [2.05, 4.69) is 10.6 Å². The van der Waals surface area contributed by atoms with Crippen LogP contribution in [0.15, 0.2) is 53.9 Å². The molecule has 5 nitrogen and oxygen atoms in total. The van der Waals surface area contributed by atoms with Gasteiger partial charge in [-0.1, -0.05) is 24.3 Å². The topological polar surface area (TPSA) is 80.0 Å². The lowest BCUT2D eigenvalue weighted by Crippen LogP contribution is -2.26. The van der Waals surface area contributed by atoms with Gasteiger partial charge < -0.3 is 16.4 Å². The first-order chi connectivity index (χ1) is 13.7. The summed E-state index contributed by atoms with van der Waals surface area (Å²) in [5.41, 5.74) is 6.91. The van der Waals surface area contributed by atoms with Crippen molar-refractivity contribution in [2.24, 2.45) is 5.73 Å². The molecule has 0 atom stereocenters. The normalized spacial score (nSPS) is 11.1. The van der Waals surface area contributed by atoms with Gasteiger partial charge in [0.1, 0.15) is 11.6 Å². The standard InChI is InChI=1S/C21H19FN4OS/c22-16-7-1-2-8-17(16)25-20-15-9-12-28-19(15)13-5-3-6-14(18(13)26-20)21(27)24-11-4-10-23/h1-3,5-9,12H,4,10-11,23H2,(H,24,27)(H,25,26). The molecule has 4 N–H and O–H groups in total. The van der Waals surface area contributed by atoms with Crippen molar-refractivity contribution >= 4 is 49.7 Å². The third-order valence-electron chi connectivity index (χ3n) is 4.46. The molecule has 0 aliphatic carbocycles. The minimum Gasteiger partial charge on any atom is -0.352 e. The number of thiophene rings is 1. The molecule has 7 heteroatoms. The van der Waals surface area contributed by atoms with Gasteiger partial charge in [-0.3, -0.25) is 4.79 Å². The van der Waals surface area contributed by atoms with Crippen molar-refractivity contribution in [3.63, 3.8) is 0 Å². The molecule has 0 unspecified atom stereocenters. The van der Waals surface area contributed by atoms with Crippen LogP contribution in [0.25, 0.3) is 21.0 Å². The maximum atomic E-state index is 14.1. The molecule has 2 heterocycles. The van der Waals surface area contributed by atoms with Gasteiger partial charge in [0, 0.05) is 22.0 Å². The van der Waals surface area contributed by atoms with E-state index < -0.39 is 0 Å². The molecule has 4 aromatic rings. The van der Waals surface area contributed by atoms with E-state index in [4.69, 9.17) is 10.7 Å².